The second-order valence-corrected chi connectivity index (χ2v) is 6.83. The molecule has 108 valence electrons. The number of hydrogen-bond donors (Lipinski definition) is 1. The first-order chi connectivity index (χ1) is 8.41. The van der Waals surface area contributed by atoms with Gasteiger partial charge in [-0.25, -0.2) is 0 Å². The Bertz CT molecular complexity index is 227. The lowest BCUT2D eigenvalue weighted by atomic mass is 9.89. The van der Waals surface area contributed by atoms with Gasteiger partial charge in [0.25, 0.3) is 0 Å². The van der Waals surface area contributed by atoms with E-state index in [0.717, 1.165) is 32.5 Å². The highest BCUT2D eigenvalue weighted by molar-refractivity contribution is 4.88. The zero-order valence-corrected chi connectivity index (χ0v) is 12.8. The third kappa shape index (κ3) is 5.25. The van der Waals surface area contributed by atoms with Crippen molar-refractivity contribution in [2.75, 3.05) is 32.8 Å². The Morgan fingerprint density at radius 2 is 1.83 bits per heavy atom. The average Bonchev–Trinajstić information content (AvgIpc) is 2.30. The molecule has 18 heavy (non-hydrogen) atoms. The second kappa shape index (κ2) is 6.88. The molecule has 0 aromatic carbocycles. The predicted molar refractivity (Wildman–Crippen MR) is 77.8 cm³/mol. The molecule has 3 nitrogen and oxygen atoms in total. The molecule has 1 rings (SSSR count). The summed E-state index contributed by atoms with van der Waals surface area (Å²) in [5.41, 5.74) is 6.31. The molecule has 0 bridgehead atoms. The summed E-state index contributed by atoms with van der Waals surface area (Å²) in [6.45, 7) is 14.0. The normalized spacial score (nSPS) is 21.2. The first kappa shape index (κ1) is 15.9. The van der Waals surface area contributed by atoms with Crippen molar-refractivity contribution in [3.63, 3.8) is 0 Å². The molecule has 1 saturated heterocycles. The van der Waals surface area contributed by atoms with Gasteiger partial charge in [0, 0.05) is 26.2 Å². The van der Waals surface area contributed by atoms with E-state index >= 15 is 0 Å². The van der Waals surface area contributed by atoms with Crippen LogP contribution in [-0.2, 0) is 4.74 Å². The van der Waals surface area contributed by atoms with Gasteiger partial charge in [0.2, 0.25) is 0 Å². The van der Waals surface area contributed by atoms with Gasteiger partial charge < -0.3 is 15.4 Å². The van der Waals surface area contributed by atoms with Gasteiger partial charge in [-0.2, -0.15) is 0 Å². The Morgan fingerprint density at radius 1 is 1.22 bits per heavy atom. The third-order valence-electron chi connectivity index (χ3n) is 3.99. The van der Waals surface area contributed by atoms with Crippen molar-refractivity contribution in [1.29, 1.82) is 0 Å². The van der Waals surface area contributed by atoms with Crippen LogP contribution in [0.4, 0.5) is 0 Å². The Labute approximate surface area is 113 Å². The highest BCUT2D eigenvalue weighted by Crippen LogP contribution is 2.26. The topological polar surface area (TPSA) is 38.5 Å². The Morgan fingerprint density at radius 3 is 2.28 bits per heavy atom. The molecule has 0 amide bonds. The minimum Gasteiger partial charge on any atom is -0.374 e. The van der Waals surface area contributed by atoms with Crippen LogP contribution in [0.2, 0.25) is 0 Å². The number of piperidine rings is 1. The number of nitrogens with two attached hydrogens (primary N) is 1. The van der Waals surface area contributed by atoms with E-state index in [1.807, 2.05) is 0 Å². The molecule has 1 aliphatic rings. The van der Waals surface area contributed by atoms with Gasteiger partial charge in [-0.3, -0.25) is 0 Å². The molecule has 0 spiro atoms. The number of rotatable bonds is 6. The van der Waals surface area contributed by atoms with Crippen molar-refractivity contribution in [1.82, 2.24) is 4.90 Å². The average molecular weight is 256 g/mol. The largest absolute Gasteiger partial charge is 0.374 e. The van der Waals surface area contributed by atoms with E-state index in [1.165, 1.54) is 19.4 Å². The fourth-order valence-corrected chi connectivity index (χ4v) is 2.73. The number of likely N-dealkylation sites (tertiary alicyclic amines) is 1. The Balaban J connectivity index is 2.26. The van der Waals surface area contributed by atoms with Crippen LogP contribution in [-0.4, -0.2) is 43.3 Å². The SMILES string of the molecule is CCOC1(CN)CCN(CCCC(C)(C)C)CC1. The first-order valence-corrected chi connectivity index (χ1v) is 7.47. The zero-order valence-electron chi connectivity index (χ0n) is 12.8. The zero-order chi connectivity index (χ0) is 13.6. The van der Waals surface area contributed by atoms with E-state index in [-0.39, 0.29) is 5.60 Å². The minimum atomic E-state index is -0.0325. The lowest BCUT2D eigenvalue weighted by molar-refractivity contribution is -0.0725. The highest BCUT2D eigenvalue weighted by Gasteiger charge is 2.33. The van der Waals surface area contributed by atoms with E-state index in [4.69, 9.17) is 10.5 Å². The van der Waals surface area contributed by atoms with Crippen LogP contribution in [0.3, 0.4) is 0 Å². The Kier molecular flexibility index (Phi) is 6.09. The van der Waals surface area contributed by atoms with E-state index in [2.05, 4.69) is 32.6 Å². The van der Waals surface area contributed by atoms with Crippen LogP contribution < -0.4 is 5.73 Å². The summed E-state index contributed by atoms with van der Waals surface area (Å²) in [5, 5.41) is 0. The van der Waals surface area contributed by atoms with Crippen LogP contribution in [0.15, 0.2) is 0 Å². The summed E-state index contributed by atoms with van der Waals surface area (Å²) >= 11 is 0. The molecule has 3 heteroatoms. The minimum absolute atomic E-state index is 0.0325. The maximum atomic E-state index is 5.88. The summed E-state index contributed by atoms with van der Waals surface area (Å²) in [6.07, 6.45) is 4.78. The van der Waals surface area contributed by atoms with Gasteiger partial charge in [-0.1, -0.05) is 20.8 Å². The predicted octanol–water partition coefficient (Wildman–Crippen LogP) is 2.64. The quantitative estimate of drug-likeness (QED) is 0.794. The number of ether oxygens (including phenoxy) is 1. The molecule has 0 unspecified atom stereocenters. The Hall–Kier alpha value is -0.120. The molecule has 0 aliphatic carbocycles. The summed E-state index contributed by atoms with van der Waals surface area (Å²) in [4.78, 5) is 2.57. The van der Waals surface area contributed by atoms with Crippen molar-refractivity contribution in [3.8, 4) is 0 Å². The van der Waals surface area contributed by atoms with Gasteiger partial charge in [-0.05, 0) is 44.6 Å². The van der Waals surface area contributed by atoms with E-state index in [0.29, 0.717) is 12.0 Å². The maximum absolute atomic E-state index is 5.88. The van der Waals surface area contributed by atoms with E-state index in [9.17, 15) is 0 Å². The summed E-state index contributed by atoms with van der Waals surface area (Å²) in [5.74, 6) is 0. The van der Waals surface area contributed by atoms with Crippen LogP contribution in [0.5, 0.6) is 0 Å². The molecule has 1 heterocycles. The lowest BCUT2D eigenvalue weighted by Crippen LogP contribution is -2.50. The molecular weight excluding hydrogens is 224 g/mol. The fraction of sp³-hybridized carbons (Fsp3) is 1.00. The second-order valence-electron chi connectivity index (χ2n) is 6.83. The van der Waals surface area contributed by atoms with Gasteiger partial charge in [-0.15, -0.1) is 0 Å². The van der Waals surface area contributed by atoms with Gasteiger partial charge in [0.15, 0.2) is 0 Å². The van der Waals surface area contributed by atoms with Crippen molar-refractivity contribution in [2.45, 2.75) is 59.0 Å². The van der Waals surface area contributed by atoms with Gasteiger partial charge >= 0.3 is 0 Å². The van der Waals surface area contributed by atoms with Crippen molar-refractivity contribution >= 4 is 0 Å². The maximum Gasteiger partial charge on any atom is 0.0828 e. The molecule has 0 radical (unpaired) electrons. The molecule has 0 aromatic heterocycles. The van der Waals surface area contributed by atoms with Gasteiger partial charge in [0.1, 0.15) is 0 Å². The van der Waals surface area contributed by atoms with Crippen LogP contribution in [0.1, 0.15) is 53.4 Å². The molecule has 0 atom stereocenters. The molecule has 1 aliphatic heterocycles. The summed E-state index contributed by atoms with van der Waals surface area (Å²) in [6, 6.07) is 0. The number of hydrogen-bond acceptors (Lipinski definition) is 3. The van der Waals surface area contributed by atoms with Gasteiger partial charge in [0.05, 0.1) is 5.60 Å². The van der Waals surface area contributed by atoms with Crippen LogP contribution in [0.25, 0.3) is 0 Å². The first-order valence-electron chi connectivity index (χ1n) is 7.47. The molecular formula is C15H32N2O. The smallest absolute Gasteiger partial charge is 0.0828 e. The monoisotopic (exact) mass is 256 g/mol. The highest BCUT2D eigenvalue weighted by atomic mass is 16.5. The van der Waals surface area contributed by atoms with Crippen LogP contribution in [0, 0.1) is 5.41 Å². The van der Waals surface area contributed by atoms with Crippen LogP contribution >= 0.6 is 0 Å². The van der Waals surface area contributed by atoms with Crippen molar-refractivity contribution in [2.24, 2.45) is 11.1 Å². The van der Waals surface area contributed by atoms with E-state index in [1.54, 1.807) is 0 Å². The third-order valence-corrected chi connectivity index (χ3v) is 3.99. The number of nitrogens with zero attached hydrogens (tertiary/aromatic N) is 1. The molecule has 0 aromatic rings. The van der Waals surface area contributed by atoms with E-state index < -0.39 is 0 Å². The van der Waals surface area contributed by atoms with Crippen molar-refractivity contribution in [3.05, 3.63) is 0 Å². The van der Waals surface area contributed by atoms with Crippen molar-refractivity contribution < 1.29 is 4.74 Å². The summed E-state index contributed by atoms with van der Waals surface area (Å²) < 4.78 is 5.87. The molecule has 0 saturated carbocycles. The fourth-order valence-electron chi connectivity index (χ4n) is 2.73. The molecule has 1 fully saturated rings. The molecule has 2 N–H and O–H groups in total. The lowest BCUT2D eigenvalue weighted by Gasteiger charge is -2.41. The standard InChI is InChI=1S/C15H32N2O/c1-5-18-15(13-16)8-11-17(12-9-15)10-6-7-14(2,3)4/h5-13,16H2,1-4H3. The summed E-state index contributed by atoms with van der Waals surface area (Å²) in [7, 11) is 0.